The largest absolute Gasteiger partial charge is 0.494 e. The monoisotopic (exact) mass is 674 g/mol. The number of hydrogen-bond donors (Lipinski definition) is 0. The topological polar surface area (TPSA) is 65.6 Å². The maximum Gasteiger partial charge on any atom is 0.411 e. The molecular formula is C36H52Cl2N4O4. The van der Waals surface area contributed by atoms with Crippen LogP contribution in [0.1, 0.15) is 84.1 Å². The Balaban J connectivity index is 1.22. The van der Waals surface area contributed by atoms with E-state index in [1.165, 1.54) is 25.7 Å². The summed E-state index contributed by atoms with van der Waals surface area (Å²) in [6.45, 7) is 12.6. The Morgan fingerprint density at radius 2 is 1.67 bits per heavy atom. The van der Waals surface area contributed by atoms with Crippen molar-refractivity contribution in [3.05, 3.63) is 52.0 Å². The molecule has 1 saturated heterocycles. The zero-order valence-electron chi connectivity index (χ0n) is 27.9. The predicted molar refractivity (Wildman–Crippen MR) is 189 cm³/mol. The number of unbranched alkanes of at least 4 members (excludes halogenated alkanes) is 6. The van der Waals surface area contributed by atoms with Gasteiger partial charge in [0.2, 0.25) is 5.91 Å². The molecule has 8 nitrogen and oxygen atoms in total. The number of halogens is 2. The quantitative estimate of drug-likeness (QED) is 0.157. The number of amides is 2. The molecule has 2 aliphatic rings. The highest BCUT2D eigenvalue weighted by Gasteiger charge is 2.31. The van der Waals surface area contributed by atoms with Crippen LogP contribution in [-0.4, -0.2) is 80.4 Å². The van der Waals surface area contributed by atoms with E-state index in [1.54, 1.807) is 16.7 Å². The first-order valence-corrected chi connectivity index (χ1v) is 18.0. The third-order valence-electron chi connectivity index (χ3n) is 9.03. The number of fused-ring (bicyclic) bond motifs is 1. The summed E-state index contributed by atoms with van der Waals surface area (Å²) in [4.78, 5) is 34.2. The van der Waals surface area contributed by atoms with Crippen LogP contribution in [0.4, 0.5) is 16.2 Å². The molecule has 2 amide bonds. The molecule has 4 rings (SSSR count). The summed E-state index contributed by atoms with van der Waals surface area (Å²) in [5, 5.41) is 1.22. The van der Waals surface area contributed by atoms with Gasteiger partial charge in [-0.05, 0) is 69.8 Å². The molecule has 10 heteroatoms. The lowest BCUT2D eigenvalue weighted by Gasteiger charge is -2.36. The molecule has 46 heavy (non-hydrogen) atoms. The molecule has 0 saturated carbocycles. The Morgan fingerprint density at radius 3 is 2.43 bits per heavy atom. The Hall–Kier alpha value is -2.68. The first kappa shape index (κ1) is 36.2. The summed E-state index contributed by atoms with van der Waals surface area (Å²) in [6, 6.07) is 11.7. The number of aryl methyl sites for hydroxylation is 1. The van der Waals surface area contributed by atoms with Crippen LogP contribution < -0.4 is 14.5 Å². The minimum Gasteiger partial charge on any atom is -0.494 e. The summed E-state index contributed by atoms with van der Waals surface area (Å²) in [5.74, 6) is 0.684. The van der Waals surface area contributed by atoms with Gasteiger partial charge in [-0.15, -0.1) is 0 Å². The third kappa shape index (κ3) is 10.2. The Kier molecular flexibility index (Phi) is 14.6. The molecule has 1 atom stereocenters. The number of benzene rings is 2. The minimum atomic E-state index is -0.705. The van der Waals surface area contributed by atoms with Crippen molar-refractivity contribution in [2.75, 3.05) is 62.2 Å². The van der Waals surface area contributed by atoms with Crippen molar-refractivity contribution in [3.8, 4) is 5.75 Å². The molecular weight excluding hydrogens is 623 g/mol. The van der Waals surface area contributed by atoms with Gasteiger partial charge < -0.3 is 19.3 Å². The number of carbonyl (C=O) groups is 2. The van der Waals surface area contributed by atoms with Gasteiger partial charge in [0.05, 0.1) is 28.0 Å². The molecule has 0 bridgehead atoms. The van der Waals surface area contributed by atoms with E-state index in [-0.39, 0.29) is 12.0 Å². The van der Waals surface area contributed by atoms with Crippen molar-refractivity contribution in [3.63, 3.8) is 0 Å². The van der Waals surface area contributed by atoms with Crippen molar-refractivity contribution >= 4 is 46.6 Å². The van der Waals surface area contributed by atoms with E-state index in [0.29, 0.717) is 42.6 Å². The molecule has 0 N–H and O–H groups in total. The summed E-state index contributed by atoms with van der Waals surface area (Å²) in [5.41, 5.74) is 2.84. The van der Waals surface area contributed by atoms with Gasteiger partial charge in [-0.1, -0.05) is 74.4 Å². The Morgan fingerprint density at radius 1 is 0.913 bits per heavy atom. The minimum absolute atomic E-state index is 0.0401. The number of carbonyl (C=O) groups excluding carboxylic acids is 2. The molecule has 0 radical (unpaired) electrons. The summed E-state index contributed by atoms with van der Waals surface area (Å²) >= 11 is 12.6. The highest BCUT2D eigenvalue weighted by atomic mass is 35.5. The fourth-order valence-corrected chi connectivity index (χ4v) is 6.69. The molecule has 1 unspecified atom stereocenters. The van der Waals surface area contributed by atoms with Crippen molar-refractivity contribution < 1.29 is 19.1 Å². The molecule has 2 aromatic rings. The zero-order chi connectivity index (χ0) is 32.9. The number of nitrogens with zero attached hydrogens (tertiary/aromatic N) is 4. The molecule has 0 aliphatic carbocycles. The van der Waals surface area contributed by atoms with E-state index in [1.807, 2.05) is 43.3 Å². The van der Waals surface area contributed by atoms with Gasteiger partial charge in [0.25, 0.3) is 0 Å². The molecule has 1 fully saturated rings. The number of rotatable bonds is 17. The van der Waals surface area contributed by atoms with Gasteiger partial charge in [0.15, 0.2) is 6.23 Å². The standard InChI is InChI=1S/C36H52Cl2N4O4/c1-4-6-7-8-9-10-21-40(5-2)36(44)46-28(3)42-33-27-30(18-16-29(33)17-19-34(42)43)45-26-12-11-20-39-22-24-41(25-23-39)32-15-13-14-31(37)35(32)38/h13-16,18,27-28H,4-12,17,19-26H2,1-3H3. The van der Waals surface area contributed by atoms with E-state index >= 15 is 0 Å². The van der Waals surface area contributed by atoms with Crippen molar-refractivity contribution in [1.29, 1.82) is 0 Å². The molecule has 2 aromatic carbocycles. The first-order valence-electron chi connectivity index (χ1n) is 17.3. The SMILES string of the molecule is CCCCCCCCN(CC)C(=O)OC(C)N1C(=O)CCc2ccc(OCCCCN3CCN(c4cccc(Cl)c4Cl)CC3)cc21. The fourth-order valence-electron chi connectivity index (χ4n) is 6.28. The maximum absolute atomic E-state index is 13.1. The van der Waals surface area contributed by atoms with Crippen molar-refractivity contribution in [2.24, 2.45) is 0 Å². The highest BCUT2D eigenvalue weighted by molar-refractivity contribution is 6.43. The summed E-state index contributed by atoms with van der Waals surface area (Å²) in [6.07, 6.45) is 8.94. The van der Waals surface area contributed by atoms with Crippen molar-refractivity contribution in [1.82, 2.24) is 9.80 Å². The second-order valence-electron chi connectivity index (χ2n) is 12.3. The Labute approximate surface area is 285 Å². The predicted octanol–water partition coefficient (Wildman–Crippen LogP) is 8.42. The number of piperazine rings is 1. The number of ether oxygens (including phenoxy) is 2. The van der Waals surface area contributed by atoms with E-state index in [9.17, 15) is 9.59 Å². The van der Waals surface area contributed by atoms with Crippen LogP contribution in [0.5, 0.6) is 5.75 Å². The van der Waals surface area contributed by atoms with E-state index in [0.717, 1.165) is 81.1 Å². The Bertz CT molecular complexity index is 1270. The normalized spacial score (nSPS) is 15.9. The smallest absolute Gasteiger partial charge is 0.411 e. The molecule has 2 aliphatic heterocycles. The van der Waals surface area contributed by atoms with Crippen LogP contribution in [0.25, 0.3) is 0 Å². The van der Waals surface area contributed by atoms with Crippen molar-refractivity contribution in [2.45, 2.75) is 91.2 Å². The van der Waals surface area contributed by atoms with E-state index in [2.05, 4.69) is 16.7 Å². The average molecular weight is 676 g/mol. The fraction of sp³-hybridized carbons (Fsp3) is 0.611. The van der Waals surface area contributed by atoms with Gasteiger partial charge in [-0.3, -0.25) is 14.6 Å². The lowest BCUT2D eigenvalue weighted by Crippen LogP contribution is -2.46. The van der Waals surface area contributed by atoms with Crippen LogP contribution in [-0.2, 0) is 16.0 Å². The third-order valence-corrected chi connectivity index (χ3v) is 9.84. The maximum atomic E-state index is 13.1. The van der Waals surface area contributed by atoms with Gasteiger partial charge >= 0.3 is 6.09 Å². The van der Waals surface area contributed by atoms with E-state index in [4.69, 9.17) is 32.7 Å². The van der Waals surface area contributed by atoms with Crippen LogP contribution in [0.2, 0.25) is 10.0 Å². The second kappa shape index (κ2) is 18.6. The molecule has 0 aromatic heterocycles. The van der Waals surface area contributed by atoms with Crippen LogP contribution >= 0.6 is 23.2 Å². The van der Waals surface area contributed by atoms with Crippen LogP contribution in [0.15, 0.2) is 36.4 Å². The lowest BCUT2D eigenvalue weighted by molar-refractivity contribution is -0.120. The molecule has 254 valence electrons. The van der Waals surface area contributed by atoms with Gasteiger partial charge in [-0.25, -0.2) is 4.79 Å². The van der Waals surface area contributed by atoms with E-state index < -0.39 is 6.23 Å². The first-order chi connectivity index (χ1) is 22.3. The molecule has 0 spiro atoms. The van der Waals surface area contributed by atoms with Gasteiger partial charge in [0.1, 0.15) is 5.75 Å². The number of hydrogen-bond acceptors (Lipinski definition) is 6. The van der Waals surface area contributed by atoms with Gasteiger partial charge in [-0.2, -0.15) is 0 Å². The van der Waals surface area contributed by atoms with Crippen LogP contribution in [0.3, 0.4) is 0 Å². The number of anilines is 2. The van der Waals surface area contributed by atoms with Gasteiger partial charge in [0, 0.05) is 51.8 Å². The molecule has 2 heterocycles. The summed E-state index contributed by atoms with van der Waals surface area (Å²) < 4.78 is 12.0. The second-order valence-corrected chi connectivity index (χ2v) is 13.1. The average Bonchev–Trinajstić information content (AvgIpc) is 3.05. The summed E-state index contributed by atoms with van der Waals surface area (Å²) in [7, 11) is 0. The zero-order valence-corrected chi connectivity index (χ0v) is 29.5. The van der Waals surface area contributed by atoms with Crippen LogP contribution in [0, 0.1) is 0 Å². The lowest BCUT2D eigenvalue weighted by atomic mass is 10.0. The highest BCUT2D eigenvalue weighted by Crippen LogP contribution is 2.34.